The molecule has 1 aliphatic rings. The van der Waals surface area contributed by atoms with E-state index in [9.17, 15) is 9.18 Å². The van der Waals surface area contributed by atoms with Gasteiger partial charge in [-0.1, -0.05) is 17.7 Å². The van der Waals surface area contributed by atoms with Gasteiger partial charge in [0.2, 0.25) is 5.95 Å². The number of carbonyl (C=O) groups is 1. The van der Waals surface area contributed by atoms with Gasteiger partial charge in [-0.2, -0.15) is 4.98 Å². The van der Waals surface area contributed by atoms with Gasteiger partial charge in [0.15, 0.2) is 5.82 Å². The van der Waals surface area contributed by atoms with Crippen molar-refractivity contribution >= 4 is 29.1 Å². The first-order valence-electron chi connectivity index (χ1n) is 9.25. The lowest BCUT2D eigenvalue weighted by Crippen LogP contribution is -2.35. The summed E-state index contributed by atoms with van der Waals surface area (Å²) in [6.07, 6.45) is 0. The molecule has 0 bridgehead atoms. The summed E-state index contributed by atoms with van der Waals surface area (Å²) in [7, 11) is 1.80. The van der Waals surface area contributed by atoms with E-state index in [-0.39, 0.29) is 12.5 Å². The molecule has 0 aliphatic carbocycles. The van der Waals surface area contributed by atoms with Crippen LogP contribution in [0.3, 0.4) is 0 Å². The first kappa shape index (κ1) is 19.4. The fourth-order valence-corrected chi connectivity index (χ4v) is 3.51. The largest absolute Gasteiger partial charge is 0.331 e. The number of benzene rings is 2. The number of nitrogens with zero attached hydrogens (tertiary/aromatic N) is 4. The van der Waals surface area contributed by atoms with Crippen molar-refractivity contribution in [1.82, 2.24) is 19.7 Å². The van der Waals surface area contributed by atoms with Crippen LogP contribution in [0.1, 0.15) is 29.8 Å². The zero-order chi connectivity index (χ0) is 20.8. The number of nitrogens with one attached hydrogen (secondary N) is 1. The summed E-state index contributed by atoms with van der Waals surface area (Å²) in [4.78, 5) is 18.6. The Morgan fingerprint density at radius 3 is 2.62 bits per heavy atom. The number of aromatic nitrogens is 3. The second-order valence-electron chi connectivity index (χ2n) is 7.77. The molecule has 0 saturated carbocycles. The minimum atomic E-state index is -1.44. The number of anilines is 2. The van der Waals surface area contributed by atoms with Crippen LogP contribution < -0.4 is 5.32 Å². The number of amides is 1. The lowest BCUT2D eigenvalue weighted by atomic mass is 10.1. The van der Waals surface area contributed by atoms with Crippen LogP contribution in [-0.2, 0) is 13.6 Å². The third-order valence-electron chi connectivity index (χ3n) is 4.67. The Labute approximate surface area is 173 Å². The molecule has 0 radical (unpaired) electrons. The van der Waals surface area contributed by atoms with Gasteiger partial charge in [0.25, 0.3) is 5.91 Å². The van der Waals surface area contributed by atoms with E-state index in [2.05, 4.69) is 15.4 Å². The third-order valence-corrected chi connectivity index (χ3v) is 4.92. The summed E-state index contributed by atoms with van der Waals surface area (Å²) in [5.41, 5.74) is 1.67. The number of carbonyl (C=O) groups excluding carboxylic acids is 1. The highest BCUT2D eigenvalue weighted by Gasteiger charge is 2.32. The van der Waals surface area contributed by atoms with Crippen LogP contribution >= 0.6 is 11.6 Å². The standard InChI is InChI=1S/C21H21ClFN5O/c1-21(2,23)12-28-11-14-10-13(4-9-17(14)19(28)29)18-25-20(27(3)26-18)24-16-7-5-15(22)6-8-16/h4-10H,11-12H2,1-3H3,(H,24,25,26). The molecule has 1 aromatic heterocycles. The molecule has 2 heterocycles. The number of fused-ring (bicyclic) bond motifs is 1. The topological polar surface area (TPSA) is 63.1 Å². The van der Waals surface area contributed by atoms with Crippen molar-refractivity contribution < 1.29 is 9.18 Å². The summed E-state index contributed by atoms with van der Waals surface area (Å²) in [6, 6.07) is 12.8. The molecule has 3 aromatic rings. The van der Waals surface area contributed by atoms with Crippen LogP contribution in [-0.4, -0.2) is 37.8 Å². The molecule has 2 aromatic carbocycles. The average Bonchev–Trinajstić information content (AvgIpc) is 3.16. The SMILES string of the molecule is Cn1nc(-c2ccc3c(c2)CN(CC(C)(C)F)C3=O)nc1Nc1ccc(Cl)cc1. The zero-order valence-corrected chi connectivity index (χ0v) is 17.2. The van der Waals surface area contributed by atoms with Gasteiger partial charge < -0.3 is 10.2 Å². The van der Waals surface area contributed by atoms with E-state index in [0.717, 1.165) is 16.8 Å². The molecule has 150 valence electrons. The van der Waals surface area contributed by atoms with Crippen molar-refractivity contribution in [3.05, 3.63) is 58.6 Å². The summed E-state index contributed by atoms with van der Waals surface area (Å²) in [6.45, 7) is 3.40. The monoisotopic (exact) mass is 413 g/mol. The molecule has 1 amide bonds. The van der Waals surface area contributed by atoms with Crippen molar-refractivity contribution in [3.63, 3.8) is 0 Å². The lowest BCUT2D eigenvalue weighted by Gasteiger charge is -2.22. The smallest absolute Gasteiger partial charge is 0.254 e. The average molecular weight is 414 g/mol. The van der Waals surface area contributed by atoms with Crippen molar-refractivity contribution in [3.8, 4) is 11.4 Å². The Morgan fingerprint density at radius 1 is 1.21 bits per heavy atom. The molecule has 0 atom stereocenters. The molecular formula is C21H21ClFN5O. The molecule has 0 fully saturated rings. The molecule has 29 heavy (non-hydrogen) atoms. The Hall–Kier alpha value is -2.93. The second kappa shape index (κ2) is 7.15. The Bertz CT molecular complexity index is 1070. The molecule has 6 nitrogen and oxygen atoms in total. The van der Waals surface area contributed by atoms with Crippen molar-refractivity contribution in [2.24, 2.45) is 7.05 Å². The van der Waals surface area contributed by atoms with E-state index in [1.165, 1.54) is 18.7 Å². The summed E-state index contributed by atoms with van der Waals surface area (Å²) in [5, 5.41) is 8.34. The van der Waals surface area contributed by atoms with Gasteiger partial charge >= 0.3 is 0 Å². The summed E-state index contributed by atoms with van der Waals surface area (Å²) >= 11 is 5.92. The van der Waals surface area contributed by atoms with E-state index in [4.69, 9.17) is 11.6 Å². The maximum absolute atomic E-state index is 14.0. The Kier molecular flexibility index (Phi) is 4.78. The Balaban J connectivity index is 1.57. The van der Waals surface area contributed by atoms with Crippen LogP contribution in [0.25, 0.3) is 11.4 Å². The minimum absolute atomic E-state index is 0.0623. The Morgan fingerprint density at radius 2 is 1.93 bits per heavy atom. The van der Waals surface area contributed by atoms with Gasteiger partial charge in [-0.25, -0.2) is 9.07 Å². The minimum Gasteiger partial charge on any atom is -0.331 e. The predicted molar refractivity (Wildman–Crippen MR) is 111 cm³/mol. The molecule has 1 N–H and O–H groups in total. The maximum Gasteiger partial charge on any atom is 0.254 e. The predicted octanol–water partition coefficient (Wildman–Crippen LogP) is 4.58. The number of aryl methyl sites for hydroxylation is 1. The third kappa shape index (κ3) is 4.10. The summed E-state index contributed by atoms with van der Waals surface area (Å²) < 4.78 is 15.7. The molecular weight excluding hydrogens is 393 g/mol. The molecule has 4 rings (SSSR count). The van der Waals surface area contributed by atoms with Gasteiger partial charge in [0, 0.05) is 35.4 Å². The first-order chi connectivity index (χ1) is 13.7. The second-order valence-corrected chi connectivity index (χ2v) is 8.20. The fourth-order valence-electron chi connectivity index (χ4n) is 3.38. The molecule has 0 unspecified atom stereocenters. The molecule has 0 spiro atoms. The number of rotatable bonds is 5. The van der Waals surface area contributed by atoms with Gasteiger partial charge in [0.1, 0.15) is 5.67 Å². The molecule has 8 heteroatoms. The van der Waals surface area contributed by atoms with E-state index in [1.807, 2.05) is 24.3 Å². The van der Waals surface area contributed by atoms with Gasteiger partial charge in [-0.3, -0.25) is 4.79 Å². The van der Waals surface area contributed by atoms with Crippen LogP contribution in [0.2, 0.25) is 5.02 Å². The number of alkyl halides is 1. The number of halogens is 2. The van der Waals surface area contributed by atoms with E-state index in [1.54, 1.807) is 29.9 Å². The number of hydrogen-bond acceptors (Lipinski definition) is 4. The van der Waals surface area contributed by atoms with E-state index < -0.39 is 5.67 Å². The van der Waals surface area contributed by atoms with Crippen molar-refractivity contribution in [2.45, 2.75) is 26.1 Å². The van der Waals surface area contributed by atoms with E-state index >= 15 is 0 Å². The van der Waals surface area contributed by atoms with Gasteiger partial charge in [-0.15, -0.1) is 5.10 Å². The highest BCUT2D eigenvalue weighted by Crippen LogP contribution is 2.29. The number of hydrogen-bond donors (Lipinski definition) is 1. The highest BCUT2D eigenvalue weighted by atomic mass is 35.5. The summed E-state index contributed by atoms with van der Waals surface area (Å²) in [5.74, 6) is 0.986. The lowest BCUT2D eigenvalue weighted by molar-refractivity contribution is 0.0654. The maximum atomic E-state index is 14.0. The quantitative estimate of drug-likeness (QED) is 0.664. The van der Waals surface area contributed by atoms with E-state index in [0.29, 0.717) is 28.9 Å². The fraction of sp³-hybridized carbons (Fsp3) is 0.286. The van der Waals surface area contributed by atoms with Crippen LogP contribution in [0.4, 0.5) is 16.0 Å². The first-order valence-corrected chi connectivity index (χ1v) is 9.62. The van der Waals surface area contributed by atoms with Crippen LogP contribution in [0.5, 0.6) is 0 Å². The molecule has 1 aliphatic heterocycles. The zero-order valence-electron chi connectivity index (χ0n) is 16.4. The molecule has 0 saturated heterocycles. The highest BCUT2D eigenvalue weighted by molar-refractivity contribution is 6.30. The van der Waals surface area contributed by atoms with Crippen LogP contribution in [0, 0.1) is 0 Å². The van der Waals surface area contributed by atoms with Crippen molar-refractivity contribution in [1.29, 1.82) is 0 Å². The van der Waals surface area contributed by atoms with Gasteiger partial charge in [0.05, 0.1) is 6.54 Å². The van der Waals surface area contributed by atoms with Crippen LogP contribution in [0.15, 0.2) is 42.5 Å². The normalized spacial score (nSPS) is 13.7. The van der Waals surface area contributed by atoms with Gasteiger partial charge in [-0.05, 0) is 55.8 Å². The van der Waals surface area contributed by atoms with Crippen molar-refractivity contribution in [2.75, 3.05) is 11.9 Å².